The normalized spacial score (nSPS) is 16.1. The number of hydrogen-bond acceptors (Lipinski definition) is 3. The fraction of sp³-hybridized carbons (Fsp3) is 0.333. The standard InChI is InChI=1S/C12H11F2NO3/c1-6(5-16)4-15-11(17)7-2-9(13)10(14)3-8(7)12(15)18/h2-3,6,16H,4-5H2,1H3. The van der Waals surface area contributed by atoms with Gasteiger partial charge in [-0.05, 0) is 18.1 Å². The minimum Gasteiger partial charge on any atom is -0.396 e. The molecule has 0 aromatic heterocycles. The smallest absolute Gasteiger partial charge is 0.261 e. The van der Waals surface area contributed by atoms with Crippen LogP contribution in [0, 0.1) is 17.6 Å². The zero-order valence-electron chi connectivity index (χ0n) is 9.61. The molecule has 0 bridgehead atoms. The number of benzene rings is 1. The Morgan fingerprint density at radius 3 is 2.00 bits per heavy atom. The number of aliphatic hydroxyl groups is 1. The van der Waals surface area contributed by atoms with Crippen molar-refractivity contribution in [3.8, 4) is 0 Å². The van der Waals surface area contributed by atoms with Gasteiger partial charge in [-0.15, -0.1) is 0 Å². The number of carbonyl (C=O) groups is 2. The molecule has 1 atom stereocenters. The zero-order valence-corrected chi connectivity index (χ0v) is 9.61. The first-order chi connectivity index (χ1) is 8.45. The summed E-state index contributed by atoms with van der Waals surface area (Å²) in [6, 6.07) is 1.46. The second-order valence-electron chi connectivity index (χ2n) is 4.32. The molecule has 0 aliphatic carbocycles. The molecule has 1 unspecified atom stereocenters. The van der Waals surface area contributed by atoms with Crippen LogP contribution >= 0.6 is 0 Å². The van der Waals surface area contributed by atoms with E-state index in [-0.39, 0.29) is 30.2 Å². The third kappa shape index (κ3) is 1.88. The fourth-order valence-electron chi connectivity index (χ4n) is 1.82. The molecule has 0 saturated heterocycles. The van der Waals surface area contributed by atoms with E-state index in [0.717, 1.165) is 17.0 Å². The van der Waals surface area contributed by atoms with Crippen molar-refractivity contribution >= 4 is 11.8 Å². The number of imide groups is 1. The Kier molecular flexibility index (Phi) is 3.13. The molecule has 1 aliphatic rings. The maximum atomic E-state index is 13.0. The number of rotatable bonds is 3. The molecule has 2 amide bonds. The Morgan fingerprint density at radius 2 is 1.61 bits per heavy atom. The van der Waals surface area contributed by atoms with Crippen molar-refractivity contribution in [2.45, 2.75) is 6.92 Å². The van der Waals surface area contributed by atoms with Crippen molar-refractivity contribution in [1.29, 1.82) is 0 Å². The lowest BCUT2D eigenvalue weighted by Gasteiger charge is -2.17. The van der Waals surface area contributed by atoms with Crippen LogP contribution in [0.25, 0.3) is 0 Å². The van der Waals surface area contributed by atoms with E-state index >= 15 is 0 Å². The molecule has 6 heteroatoms. The Labute approximate surface area is 102 Å². The lowest BCUT2D eigenvalue weighted by atomic mass is 10.1. The van der Waals surface area contributed by atoms with Crippen LogP contribution in [-0.4, -0.2) is 35.0 Å². The summed E-state index contributed by atoms with van der Waals surface area (Å²) in [4.78, 5) is 24.6. The molecule has 0 fully saturated rings. The van der Waals surface area contributed by atoms with Crippen LogP contribution in [0.5, 0.6) is 0 Å². The summed E-state index contributed by atoms with van der Waals surface area (Å²) < 4.78 is 26.1. The monoisotopic (exact) mass is 255 g/mol. The molecule has 0 spiro atoms. The van der Waals surface area contributed by atoms with E-state index in [9.17, 15) is 18.4 Å². The molecule has 0 radical (unpaired) electrons. The number of carbonyl (C=O) groups excluding carboxylic acids is 2. The van der Waals surface area contributed by atoms with Gasteiger partial charge < -0.3 is 5.11 Å². The van der Waals surface area contributed by atoms with E-state index in [1.807, 2.05) is 0 Å². The second kappa shape index (κ2) is 4.45. The van der Waals surface area contributed by atoms with Gasteiger partial charge >= 0.3 is 0 Å². The number of nitrogens with zero attached hydrogens (tertiary/aromatic N) is 1. The maximum Gasteiger partial charge on any atom is 0.261 e. The quantitative estimate of drug-likeness (QED) is 0.825. The lowest BCUT2D eigenvalue weighted by Crippen LogP contribution is -2.34. The molecule has 2 rings (SSSR count). The van der Waals surface area contributed by atoms with Crippen LogP contribution < -0.4 is 0 Å². The van der Waals surface area contributed by atoms with Gasteiger partial charge in [0.1, 0.15) is 0 Å². The van der Waals surface area contributed by atoms with Crippen LogP contribution in [0.15, 0.2) is 12.1 Å². The van der Waals surface area contributed by atoms with Crippen molar-refractivity contribution in [2.75, 3.05) is 13.2 Å². The molecule has 18 heavy (non-hydrogen) atoms. The van der Waals surface area contributed by atoms with Crippen molar-refractivity contribution in [1.82, 2.24) is 4.90 Å². The van der Waals surface area contributed by atoms with Gasteiger partial charge in [-0.1, -0.05) is 6.92 Å². The summed E-state index contributed by atoms with van der Waals surface area (Å²) in [7, 11) is 0. The Balaban J connectivity index is 2.38. The highest BCUT2D eigenvalue weighted by molar-refractivity contribution is 6.21. The Bertz CT molecular complexity index is 489. The lowest BCUT2D eigenvalue weighted by molar-refractivity contribution is 0.0614. The number of halogens is 2. The van der Waals surface area contributed by atoms with E-state index in [1.54, 1.807) is 6.92 Å². The van der Waals surface area contributed by atoms with E-state index in [2.05, 4.69) is 0 Å². The summed E-state index contributed by atoms with van der Waals surface area (Å²) in [6.45, 7) is 1.49. The minimum absolute atomic E-state index is 0.0199. The topological polar surface area (TPSA) is 57.6 Å². The van der Waals surface area contributed by atoms with Gasteiger partial charge in [0.2, 0.25) is 0 Å². The zero-order chi connectivity index (χ0) is 13.4. The highest BCUT2D eigenvalue weighted by Crippen LogP contribution is 2.25. The van der Waals surface area contributed by atoms with Crippen LogP contribution in [0.3, 0.4) is 0 Å². The SMILES string of the molecule is CC(CO)CN1C(=O)c2cc(F)c(F)cc2C1=O. The van der Waals surface area contributed by atoms with Gasteiger partial charge in [-0.2, -0.15) is 0 Å². The highest BCUT2D eigenvalue weighted by Gasteiger charge is 2.37. The first kappa shape index (κ1) is 12.6. The number of fused-ring (bicyclic) bond motifs is 1. The van der Waals surface area contributed by atoms with E-state index < -0.39 is 23.4 Å². The fourth-order valence-corrected chi connectivity index (χ4v) is 1.82. The van der Waals surface area contributed by atoms with E-state index in [1.165, 1.54) is 0 Å². The maximum absolute atomic E-state index is 13.0. The molecule has 0 saturated carbocycles. The van der Waals surface area contributed by atoms with Gasteiger partial charge in [-0.3, -0.25) is 14.5 Å². The van der Waals surface area contributed by atoms with Crippen molar-refractivity contribution in [3.05, 3.63) is 34.9 Å². The number of amides is 2. The van der Waals surface area contributed by atoms with Crippen molar-refractivity contribution in [3.63, 3.8) is 0 Å². The predicted octanol–water partition coefficient (Wildman–Crippen LogP) is 1.19. The average molecular weight is 255 g/mol. The van der Waals surface area contributed by atoms with E-state index in [4.69, 9.17) is 5.11 Å². The summed E-state index contributed by atoms with van der Waals surface area (Å²) in [5.41, 5.74) is -0.270. The molecular formula is C12H11F2NO3. The van der Waals surface area contributed by atoms with Crippen molar-refractivity contribution < 1.29 is 23.5 Å². The molecule has 1 aliphatic heterocycles. The highest BCUT2D eigenvalue weighted by atomic mass is 19.2. The first-order valence-corrected chi connectivity index (χ1v) is 5.41. The first-order valence-electron chi connectivity index (χ1n) is 5.41. The molecular weight excluding hydrogens is 244 g/mol. The molecule has 1 N–H and O–H groups in total. The number of hydrogen-bond donors (Lipinski definition) is 1. The summed E-state index contributed by atoms with van der Waals surface area (Å²) in [5, 5.41) is 8.90. The average Bonchev–Trinajstić information content (AvgIpc) is 2.55. The molecule has 96 valence electrons. The molecule has 1 heterocycles. The third-order valence-corrected chi connectivity index (χ3v) is 2.82. The minimum atomic E-state index is -1.16. The second-order valence-corrected chi connectivity index (χ2v) is 4.32. The summed E-state index contributed by atoms with van der Waals surface area (Å²) in [5.74, 6) is -3.93. The van der Waals surface area contributed by atoms with Gasteiger partial charge in [0, 0.05) is 13.2 Å². The van der Waals surface area contributed by atoms with Crippen molar-refractivity contribution in [2.24, 2.45) is 5.92 Å². The van der Waals surface area contributed by atoms with Gasteiger partial charge in [0.15, 0.2) is 11.6 Å². The Hall–Kier alpha value is -1.82. The molecule has 4 nitrogen and oxygen atoms in total. The predicted molar refractivity (Wildman–Crippen MR) is 58.0 cm³/mol. The van der Waals surface area contributed by atoms with E-state index in [0.29, 0.717) is 0 Å². The van der Waals surface area contributed by atoms with Gasteiger partial charge in [-0.25, -0.2) is 8.78 Å². The largest absolute Gasteiger partial charge is 0.396 e. The van der Waals surface area contributed by atoms with Crippen LogP contribution in [0.2, 0.25) is 0 Å². The van der Waals surface area contributed by atoms with Crippen LogP contribution in [0.1, 0.15) is 27.6 Å². The molecule has 1 aromatic rings. The van der Waals surface area contributed by atoms with Crippen LogP contribution in [-0.2, 0) is 0 Å². The number of aliphatic hydroxyl groups excluding tert-OH is 1. The third-order valence-electron chi connectivity index (χ3n) is 2.82. The summed E-state index contributed by atoms with van der Waals surface area (Å²) >= 11 is 0. The molecule has 1 aromatic carbocycles. The van der Waals surface area contributed by atoms with Gasteiger partial charge in [0.05, 0.1) is 11.1 Å². The Morgan fingerprint density at radius 1 is 1.17 bits per heavy atom. The van der Waals surface area contributed by atoms with Gasteiger partial charge in [0.25, 0.3) is 11.8 Å². The summed E-state index contributed by atoms with van der Waals surface area (Å²) in [6.07, 6.45) is 0. The van der Waals surface area contributed by atoms with Crippen LogP contribution in [0.4, 0.5) is 8.78 Å².